The van der Waals surface area contributed by atoms with E-state index in [0.29, 0.717) is 16.9 Å². The van der Waals surface area contributed by atoms with Gasteiger partial charge in [-0.05, 0) is 25.1 Å². The molecule has 0 fully saturated rings. The van der Waals surface area contributed by atoms with E-state index >= 15 is 0 Å². The number of benzene rings is 1. The topological polar surface area (TPSA) is 25.8 Å². The van der Waals surface area contributed by atoms with Gasteiger partial charge in [0.15, 0.2) is 0 Å². The fourth-order valence-corrected chi connectivity index (χ4v) is 2.27. The summed E-state index contributed by atoms with van der Waals surface area (Å²) in [5.74, 6) is 0. The molecule has 2 aromatic rings. The summed E-state index contributed by atoms with van der Waals surface area (Å²) >= 11 is 20.8. The molecule has 0 aliphatic carbocycles. The second kappa shape index (κ2) is 4.30. The van der Waals surface area contributed by atoms with Crippen molar-refractivity contribution in [3.63, 3.8) is 0 Å². The number of rotatable bonds is 0. The summed E-state index contributed by atoms with van der Waals surface area (Å²) in [5.41, 5.74) is 2.46. The first-order valence-corrected chi connectivity index (χ1v) is 6.32. The van der Waals surface area contributed by atoms with Gasteiger partial charge < -0.3 is 0 Å². The fourth-order valence-electron chi connectivity index (χ4n) is 1.38. The molecule has 0 bridgehead atoms. The van der Waals surface area contributed by atoms with Crippen molar-refractivity contribution < 1.29 is 0 Å². The van der Waals surface area contributed by atoms with Crippen molar-refractivity contribution in [2.75, 3.05) is 0 Å². The third-order valence-corrected chi connectivity index (χ3v) is 3.10. The van der Waals surface area contributed by atoms with Crippen LogP contribution in [0.15, 0.2) is 22.7 Å². The largest absolute Gasteiger partial charge is 0.249 e. The van der Waals surface area contributed by atoms with E-state index in [1.165, 1.54) is 0 Å². The van der Waals surface area contributed by atoms with Crippen molar-refractivity contribution in [2.24, 2.45) is 0 Å². The van der Waals surface area contributed by atoms with E-state index in [-0.39, 0.29) is 0 Å². The molecule has 1 aromatic carbocycles. The summed E-state index contributed by atoms with van der Waals surface area (Å²) < 4.78 is -0.637. The van der Waals surface area contributed by atoms with Crippen molar-refractivity contribution >= 4 is 61.8 Å². The van der Waals surface area contributed by atoms with Crippen LogP contribution in [-0.2, 0) is 3.79 Å². The zero-order valence-electron chi connectivity index (χ0n) is 8.14. The number of aryl methyl sites for hydroxylation is 1. The van der Waals surface area contributed by atoms with E-state index in [2.05, 4.69) is 25.9 Å². The Morgan fingerprint density at radius 2 is 1.81 bits per heavy atom. The molecule has 84 valence electrons. The summed E-state index contributed by atoms with van der Waals surface area (Å²) in [5, 5.41) is 0. The lowest BCUT2D eigenvalue weighted by molar-refractivity contribution is 1.02. The summed E-state index contributed by atoms with van der Waals surface area (Å²) in [7, 11) is 0. The molecule has 6 heteroatoms. The third kappa shape index (κ3) is 2.43. The van der Waals surface area contributed by atoms with Gasteiger partial charge in [0.2, 0.25) is 3.79 Å². The molecule has 1 heterocycles. The highest BCUT2D eigenvalue weighted by atomic mass is 79.9. The minimum absolute atomic E-state index is 0.364. The predicted molar refractivity (Wildman–Crippen MR) is 71.2 cm³/mol. The van der Waals surface area contributed by atoms with Gasteiger partial charge in [-0.25, -0.2) is 9.97 Å². The standard InChI is InChI=1S/C10H6BrCl3N2/c1-5-9(10(12,13)14)16-8-4-6(11)2-3-7(8)15-5/h2-4H,1H3. The Bertz CT molecular complexity index is 551. The lowest BCUT2D eigenvalue weighted by Crippen LogP contribution is -2.08. The summed E-state index contributed by atoms with van der Waals surface area (Å²) in [4.78, 5) is 8.67. The Balaban J connectivity index is 2.74. The molecule has 0 N–H and O–H groups in total. The van der Waals surface area contributed by atoms with Gasteiger partial charge in [0.1, 0.15) is 5.69 Å². The van der Waals surface area contributed by atoms with Crippen LogP contribution in [0.3, 0.4) is 0 Å². The second-order valence-electron chi connectivity index (χ2n) is 3.29. The predicted octanol–water partition coefficient (Wildman–Crippen LogP) is 4.53. The number of hydrogen-bond acceptors (Lipinski definition) is 2. The number of hydrogen-bond donors (Lipinski definition) is 0. The Kier molecular flexibility index (Phi) is 3.32. The molecule has 2 nitrogen and oxygen atoms in total. The molecular formula is C10H6BrCl3N2. The first-order chi connectivity index (χ1) is 7.38. The van der Waals surface area contributed by atoms with Gasteiger partial charge in [-0.1, -0.05) is 50.7 Å². The van der Waals surface area contributed by atoms with E-state index < -0.39 is 3.79 Å². The molecule has 1 aromatic heterocycles. The van der Waals surface area contributed by atoms with Crippen molar-refractivity contribution in [2.45, 2.75) is 10.7 Å². The van der Waals surface area contributed by atoms with E-state index in [1.807, 2.05) is 18.2 Å². The van der Waals surface area contributed by atoms with Crippen molar-refractivity contribution in [1.29, 1.82) is 0 Å². The SMILES string of the molecule is Cc1nc2ccc(Br)cc2nc1C(Cl)(Cl)Cl. The van der Waals surface area contributed by atoms with Crippen LogP contribution in [0, 0.1) is 6.92 Å². The van der Waals surface area contributed by atoms with Crippen LogP contribution in [0.1, 0.15) is 11.4 Å². The highest BCUT2D eigenvalue weighted by Crippen LogP contribution is 2.38. The number of alkyl halides is 3. The smallest absolute Gasteiger partial charge is 0.234 e. The Hall–Kier alpha value is -0.0900. The molecule has 0 saturated heterocycles. The number of fused-ring (bicyclic) bond motifs is 1. The van der Waals surface area contributed by atoms with Gasteiger partial charge >= 0.3 is 0 Å². The van der Waals surface area contributed by atoms with Crippen LogP contribution >= 0.6 is 50.7 Å². The summed E-state index contributed by atoms with van der Waals surface area (Å²) in [6.45, 7) is 1.77. The maximum atomic E-state index is 5.82. The molecule has 0 saturated carbocycles. The average Bonchev–Trinajstić information content (AvgIpc) is 2.16. The molecular weight excluding hydrogens is 334 g/mol. The van der Waals surface area contributed by atoms with Gasteiger partial charge in [0, 0.05) is 4.47 Å². The Labute approximate surface area is 116 Å². The van der Waals surface area contributed by atoms with Gasteiger partial charge in [0.25, 0.3) is 0 Å². The summed E-state index contributed by atoms with van der Waals surface area (Å²) in [6.07, 6.45) is 0. The number of halogens is 4. The highest BCUT2D eigenvalue weighted by Gasteiger charge is 2.28. The van der Waals surface area contributed by atoms with Crippen molar-refractivity contribution in [3.8, 4) is 0 Å². The van der Waals surface area contributed by atoms with Gasteiger partial charge in [0.05, 0.1) is 16.7 Å². The van der Waals surface area contributed by atoms with Gasteiger partial charge in [-0.3, -0.25) is 0 Å². The Morgan fingerprint density at radius 1 is 1.12 bits per heavy atom. The van der Waals surface area contributed by atoms with E-state index in [0.717, 1.165) is 9.99 Å². The molecule has 0 aliphatic rings. The van der Waals surface area contributed by atoms with Crippen molar-refractivity contribution in [1.82, 2.24) is 9.97 Å². The molecule has 0 amide bonds. The van der Waals surface area contributed by atoms with Crippen LogP contribution in [0.4, 0.5) is 0 Å². The average molecular weight is 340 g/mol. The lowest BCUT2D eigenvalue weighted by Gasteiger charge is -2.13. The molecule has 0 spiro atoms. The third-order valence-electron chi connectivity index (χ3n) is 2.07. The molecule has 0 atom stereocenters. The normalized spacial score (nSPS) is 12.1. The minimum Gasteiger partial charge on any atom is -0.249 e. The quantitative estimate of drug-likeness (QED) is 0.659. The van der Waals surface area contributed by atoms with Crippen LogP contribution in [0.25, 0.3) is 11.0 Å². The maximum Gasteiger partial charge on any atom is 0.234 e. The number of aromatic nitrogens is 2. The zero-order chi connectivity index (χ0) is 11.9. The first-order valence-electron chi connectivity index (χ1n) is 4.39. The van der Waals surface area contributed by atoms with E-state index in [9.17, 15) is 0 Å². The summed E-state index contributed by atoms with van der Waals surface area (Å²) in [6, 6.07) is 5.59. The van der Waals surface area contributed by atoms with Crippen LogP contribution in [0.5, 0.6) is 0 Å². The fraction of sp³-hybridized carbons (Fsp3) is 0.200. The highest BCUT2D eigenvalue weighted by molar-refractivity contribution is 9.10. The van der Waals surface area contributed by atoms with Crippen LogP contribution < -0.4 is 0 Å². The molecule has 0 unspecified atom stereocenters. The molecule has 16 heavy (non-hydrogen) atoms. The van der Waals surface area contributed by atoms with E-state index in [1.54, 1.807) is 6.92 Å². The first kappa shape index (κ1) is 12.4. The Morgan fingerprint density at radius 3 is 2.44 bits per heavy atom. The van der Waals surface area contributed by atoms with Crippen molar-refractivity contribution in [3.05, 3.63) is 34.1 Å². The minimum atomic E-state index is -1.55. The van der Waals surface area contributed by atoms with Crippen LogP contribution in [-0.4, -0.2) is 9.97 Å². The van der Waals surface area contributed by atoms with Crippen LogP contribution in [0.2, 0.25) is 0 Å². The molecule has 0 aliphatic heterocycles. The van der Waals surface area contributed by atoms with E-state index in [4.69, 9.17) is 34.8 Å². The maximum absolute atomic E-state index is 5.82. The van der Waals surface area contributed by atoms with Gasteiger partial charge in [-0.2, -0.15) is 0 Å². The van der Waals surface area contributed by atoms with Gasteiger partial charge in [-0.15, -0.1) is 0 Å². The lowest BCUT2D eigenvalue weighted by atomic mass is 10.2. The monoisotopic (exact) mass is 338 g/mol. The molecule has 0 radical (unpaired) electrons. The number of nitrogens with zero attached hydrogens (tertiary/aromatic N) is 2. The zero-order valence-corrected chi connectivity index (χ0v) is 12.0. The second-order valence-corrected chi connectivity index (χ2v) is 6.49. The molecule has 2 rings (SSSR count).